The van der Waals surface area contributed by atoms with Gasteiger partial charge >= 0.3 is 0 Å². The van der Waals surface area contributed by atoms with Crippen LogP contribution in [0, 0.1) is 6.92 Å². The van der Waals surface area contributed by atoms with Crippen molar-refractivity contribution in [3.05, 3.63) is 29.6 Å². The summed E-state index contributed by atoms with van der Waals surface area (Å²) >= 11 is 0. The Labute approximate surface area is 108 Å². The van der Waals surface area contributed by atoms with Gasteiger partial charge in [-0.05, 0) is 37.0 Å². The first-order chi connectivity index (χ1) is 8.78. The van der Waals surface area contributed by atoms with Gasteiger partial charge in [0.25, 0.3) is 0 Å². The van der Waals surface area contributed by atoms with E-state index in [0.29, 0.717) is 18.8 Å². The third kappa shape index (κ3) is 2.16. The Bertz CT molecular complexity index is 411. The van der Waals surface area contributed by atoms with E-state index >= 15 is 0 Å². The molecule has 2 N–H and O–H groups in total. The van der Waals surface area contributed by atoms with Gasteiger partial charge in [0.05, 0.1) is 12.2 Å². The molecule has 2 aliphatic heterocycles. The van der Waals surface area contributed by atoms with E-state index in [-0.39, 0.29) is 6.04 Å². The third-order valence-electron chi connectivity index (χ3n) is 4.17. The Hall–Kier alpha value is -0.970. The van der Waals surface area contributed by atoms with Crippen LogP contribution in [0.25, 0.3) is 0 Å². The number of aromatic nitrogens is 1. The van der Waals surface area contributed by atoms with Crippen LogP contribution < -0.4 is 5.73 Å². The molecule has 2 bridgehead atoms. The van der Waals surface area contributed by atoms with Crippen LogP contribution in [-0.4, -0.2) is 41.7 Å². The van der Waals surface area contributed by atoms with Crippen LogP contribution in [0.4, 0.5) is 0 Å². The molecule has 0 aliphatic carbocycles. The van der Waals surface area contributed by atoms with E-state index in [0.717, 1.165) is 13.1 Å². The van der Waals surface area contributed by atoms with Gasteiger partial charge in [0.1, 0.15) is 0 Å². The van der Waals surface area contributed by atoms with Gasteiger partial charge < -0.3 is 10.5 Å². The second-order valence-corrected chi connectivity index (χ2v) is 5.40. The smallest absolute Gasteiger partial charge is 0.0707 e. The average molecular weight is 247 g/mol. The van der Waals surface area contributed by atoms with Gasteiger partial charge in [-0.2, -0.15) is 0 Å². The Balaban J connectivity index is 1.82. The van der Waals surface area contributed by atoms with E-state index in [1.165, 1.54) is 24.0 Å². The predicted molar refractivity (Wildman–Crippen MR) is 70.2 cm³/mol. The summed E-state index contributed by atoms with van der Waals surface area (Å²) in [6.07, 6.45) is 7.03. The number of aryl methyl sites for hydroxylation is 1. The van der Waals surface area contributed by atoms with Crippen molar-refractivity contribution < 1.29 is 4.74 Å². The minimum atomic E-state index is 0.283. The van der Waals surface area contributed by atoms with Crippen LogP contribution in [-0.2, 0) is 4.74 Å². The zero-order valence-corrected chi connectivity index (χ0v) is 10.9. The lowest BCUT2D eigenvalue weighted by Crippen LogP contribution is -2.46. The molecule has 3 rings (SSSR count). The van der Waals surface area contributed by atoms with E-state index < -0.39 is 0 Å². The van der Waals surface area contributed by atoms with Crippen LogP contribution in [0.2, 0.25) is 0 Å². The summed E-state index contributed by atoms with van der Waals surface area (Å²) < 4.78 is 5.89. The Morgan fingerprint density at radius 1 is 1.44 bits per heavy atom. The van der Waals surface area contributed by atoms with Gasteiger partial charge in [-0.25, -0.2) is 0 Å². The first kappa shape index (κ1) is 12.1. The van der Waals surface area contributed by atoms with E-state index in [1.54, 1.807) is 0 Å². The highest BCUT2D eigenvalue weighted by atomic mass is 16.5. The van der Waals surface area contributed by atoms with Gasteiger partial charge in [0.2, 0.25) is 0 Å². The minimum Gasteiger partial charge on any atom is -0.372 e. The maximum Gasteiger partial charge on any atom is 0.0707 e. The van der Waals surface area contributed by atoms with Gasteiger partial charge in [0.15, 0.2) is 0 Å². The summed E-state index contributed by atoms with van der Waals surface area (Å²) in [6, 6.07) is 2.35. The third-order valence-corrected chi connectivity index (χ3v) is 4.17. The Morgan fingerprint density at radius 3 is 2.78 bits per heavy atom. The molecule has 2 aliphatic rings. The van der Waals surface area contributed by atoms with Gasteiger partial charge in [-0.3, -0.25) is 9.88 Å². The normalized spacial score (nSPS) is 29.4. The van der Waals surface area contributed by atoms with E-state index in [2.05, 4.69) is 22.9 Å². The molecule has 1 aromatic rings. The second-order valence-electron chi connectivity index (χ2n) is 5.40. The number of fused-ring (bicyclic) bond motifs is 2. The SMILES string of the molecule is Cc1ccncc1C(CN)N1CC2CCC(C1)O2. The number of hydrogen-bond donors (Lipinski definition) is 1. The van der Waals surface area contributed by atoms with Crippen LogP contribution in [0.15, 0.2) is 18.5 Å². The molecule has 3 heterocycles. The lowest BCUT2D eigenvalue weighted by Gasteiger charge is -2.38. The molecule has 0 saturated carbocycles. The summed E-state index contributed by atoms with van der Waals surface area (Å²) in [7, 11) is 0. The van der Waals surface area contributed by atoms with Gasteiger partial charge in [0, 0.05) is 38.1 Å². The van der Waals surface area contributed by atoms with Crippen molar-refractivity contribution in [1.82, 2.24) is 9.88 Å². The van der Waals surface area contributed by atoms with Crippen molar-refractivity contribution in [3.63, 3.8) is 0 Å². The lowest BCUT2D eigenvalue weighted by molar-refractivity contribution is -0.0522. The summed E-state index contributed by atoms with van der Waals surface area (Å²) in [6.45, 7) is 4.79. The second kappa shape index (κ2) is 4.96. The molecule has 0 spiro atoms. The van der Waals surface area contributed by atoms with Crippen molar-refractivity contribution in [2.75, 3.05) is 19.6 Å². The molecular formula is C14H21N3O. The van der Waals surface area contributed by atoms with E-state index in [9.17, 15) is 0 Å². The van der Waals surface area contributed by atoms with Crippen molar-refractivity contribution in [1.29, 1.82) is 0 Å². The standard InChI is InChI=1S/C14H21N3O/c1-10-4-5-16-7-13(10)14(6-15)17-8-11-2-3-12(9-17)18-11/h4-5,7,11-12,14H,2-3,6,8-9,15H2,1H3. The summed E-state index contributed by atoms with van der Waals surface area (Å²) in [5, 5.41) is 0. The van der Waals surface area contributed by atoms with Gasteiger partial charge in [-0.1, -0.05) is 0 Å². The molecule has 0 radical (unpaired) electrons. The minimum absolute atomic E-state index is 0.283. The highest BCUT2D eigenvalue weighted by Gasteiger charge is 2.36. The number of hydrogen-bond acceptors (Lipinski definition) is 4. The highest BCUT2D eigenvalue weighted by molar-refractivity contribution is 5.25. The molecular weight excluding hydrogens is 226 g/mol. The molecule has 18 heavy (non-hydrogen) atoms. The molecule has 3 atom stereocenters. The molecule has 4 nitrogen and oxygen atoms in total. The first-order valence-electron chi connectivity index (χ1n) is 6.78. The molecule has 0 amide bonds. The number of likely N-dealkylation sites (tertiary alicyclic amines) is 1. The number of nitrogens with zero attached hydrogens (tertiary/aromatic N) is 2. The monoisotopic (exact) mass is 247 g/mol. The first-order valence-corrected chi connectivity index (χ1v) is 6.78. The Morgan fingerprint density at radius 2 is 2.17 bits per heavy atom. The van der Waals surface area contributed by atoms with Crippen LogP contribution in [0.5, 0.6) is 0 Å². The van der Waals surface area contributed by atoms with Crippen LogP contribution in [0.3, 0.4) is 0 Å². The maximum absolute atomic E-state index is 6.01. The average Bonchev–Trinajstić information content (AvgIpc) is 2.72. The fraction of sp³-hybridized carbons (Fsp3) is 0.643. The number of pyridine rings is 1. The van der Waals surface area contributed by atoms with Crippen molar-refractivity contribution in [2.45, 2.75) is 38.0 Å². The number of rotatable bonds is 3. The predicted octanol–water partition coefficient (Wildman–Crippen LogP) is 1.25. The zero-order valence-electron chi connectivity index (χ0n) is 10.9. The fourth-order valence-corrected chi connectivity index (χ4v) is 3.20. The van der Waals surface area contributed by atoms with E-state index in [1.807, 2.05) is 12.4 Å². The maximum atomic E-state index is 6.01. The van der Waals surface area contributed by atoms with Crippen LogP contribution >= 0.6 is 0 Å². The number of nitrogens with two attached hydrogens (primary N) is 1. The zero-order chi connectivity index (χ0) is 12.5. The molecule has 0 aromatic carbocycles. The van der Waals surface area contributed by atoms with E-state index in [4.69, 9.17) is 10.5 Å². The summed E-state index contributed by atoms with van der Waals surface area (Å²) in [4.78, 5) is 6.73. The molecule has 1 aromatic heterocycles. The largest absolute Gasteiger partial charge is 0.372 e. The quantitative estimate of drug-likeness (QED) is 0.873. The summed E-state index contributed by atoms with van der Waals surface area (Å²) in [5.74, 6) is 0. The molecule has 4 heteroatoms. The number of morpholine rings is 1. The Kier molecular flexibility index (Phi) is 3.33. The molecule has 2 fully saturated rings. The molecule has 98 valence electrons. The van der Waals surface area contributed by atoms with Crippen LogP contribution in [0.1, 0.15) is 30.0 Å². The highest BCUT2D eigenvalue weighted by Crippen LogP contribution is 2.32. The van der Waals surface area contributed by atoms with Crippen molar-refractivity contribution in [3.8, 4) is 0 Å². The van der Waals surface area contributed by atoms with Crippen molar-refractivity contribution >= 4 is 0 Å². The molecule has 2 saturated heterocycles. The lowest BCUT2D eigenvalue weighted by atomic mass is 10.0. The molecule has 3 unspecified atom stereocenters. The van der Waals surface area contributed by atoms with Crippen molar-refractivity contribution in [2.24, 2.45) is 5.73 Å². The fourth-order valence-electron chi connectivity index (χ4n) is 3.20. The summed E-state index contributed by atoms with van der Waals surface area (Å²) in [5.41, 5.74) is 8.55. The van der Waals surface area contributed by atoms with Gasteiger partial charge in [-0.15, -0.1) is 0 Å². The topological polar surface area (TPSA) is 51.4 Å². The number of ether oxygens (including phenoxy) is 1.